The third-order valence-corrected chi connectivity index (χ3v) is 6.34. The van der Waals surface area contributed by atoms with Crippen LogP contribution in [-0.4, -0.2) is 49.5 Å². The van der Waals surface area contributed by atoms with E-state index in [-0.39, 0.29) is 17.4 Å². The van der Waals surface area contributed by atoms with Crippen LogP contribution in [0.15, 0.2) is 66.7 Å². The van der Waals surface area contributed by atoms with Gasteiger partial charge in [-0.2, -0.15) is 0 Å². The number of unbranched alkanes of at least 4 members (excludes halogenated alkanes) is 1. The van der Waals surface area contributed by atoms with E-state index in [9.17, 15) is 14.0 Å². The molecule has 0 aliphatic carbocycles. The molecular weight excluding hydrogens is 481 g/mol. The molecule has 0 spiro atoms. The van der Waals surface area contributed by atoms with Crippen LogP contribution >= 0.6 is 11.6 Å². The highest BCUT2D eigenvalue weighted by Gasteiger charge is 2.25. The van der Waals surface area contributed by atoms with Crippen LogP contribution in [0, 0.1) is 5.82 Å². The summed E-state index contributed by atoms with van der Waals surface area (Å²) in [7, 11) is 0. The number of nitrogens with one attached hydrogen (secondary N) is 1. The first-order valence-corrected chi connectivity index (χ1v) is 12.5. The summed E-state index contributed by atoms with van der Waals surface area (Å²) < 4.78 is 19.7. The lowest BCUT2D eigenvalue weighted by molar-refractivity contribution is 0.0742. The highest BCUT2D eigenvalue weighted by atomic mass is 35.5. The molecule has 1 fully saturated rings. The number of rotatable bonds is 8. The summed E-state index contributed by atoms with van der Waals surface area (Å²) >= 11 is 6.24. The SMILES string of the molecule is CCCCOc1ccc(C(=O)Nc2cc(Cl)ccc2N2CCN(C(=O)c3ccccc3F)CC2)cc1. The Morgan fingerprint density at radius 3 is 2.42 bits per heavy atom. The van der Waals surface area contributed by atoms with Gasteiger partial charge >= 0.3 is 0 Å². The normalized spacial score (nSPS) is 13.4. The second kappa shape index (κ2) is 11.9. The van der Waals surface area contributed by atoms with Gasteiger partial charge in [-0.15, -0.1) is 0 Å². The van der Waals surface area contributed by atoms with Gasteiger partial charge in [0, 0.05) is 36.8 Å². The average molecular weight is 510 g/mol. The average Bonchev–Trinajstić information content (AvgIpc) is 2.89. The molecule has 36 heavy (non-hydrogen) atoms. The van der Waals surface area contributed by atoms with Crippen molar-refractivity contribution in [3.05, 3.63) is 88.7 Å². The smallest absolute Gasteiger partial charge is 0.256 e. The zero-order valence-electron chi connectivity index (χ0n) is 20.2. The van der Waals surface area contributed by atoms with Gasteiger partial charge in [0.2, 0.25) is 0 Å². The third-order valence-electron chi connectivity index (χ3n) is 6.10. The molecule has 1 saturated heterocycles. The summed E-state index contributed by atoms with van der Waals surface area (Å²) in [6.07, 6.45) is 2.03. The van der Waals surface area contributed by atoms with Crippen molar-refractivity contribution in [1.82, 2.24) is 4.90 Å². The fourth-order valence-electron chi connectivity index (χ4n) is 4.07. The Bertz CT molecular complexity index is 1210. The lowest BCUT2D eigenvalue weighted by Gasteiger charge is -2.37. The van der Waals surface area contributed by atoms with Crippen LogP contribution in [0.3, 0.4) is 0 Å². The number of anilines is 2. The van der Waals surface area contributed by atoms with Crippen LogP contribution in [0.5, 0.6) is 5.75 Å². The molecule has 3 aromatic carbocycles. The Balaban J connectivity index is 1.42. The fourth-order valence-corrected chi connectivity index (χ4v) is 4.24. The molecular formula is C28H29ClFN3O3. The van der Waals surface area contributed by atoms with E-state index in [4.69, 9.17) is 16.3 Å². The van der Waals surface area contributed by atoms with Crippen molar-refractivity contribution < 1.29 is 18.7 Å². The highest BCUT2D eigenvalue weighted by Crippen LogP contribution is 2.31. The number of halogens is 2. The maximum absolute atomic E-state index is 14.1. The number of ether oxygens (including phenoxy) is 1. The maximum atomic E-state index is 14.1. The number of hydrogen-bond acceptors (Lipinski definition) is 4. The first-order chi connectivity index (χ1) is 17.5. The molecule has 4 rings (SSSR count). The topological polar surface area (TPSA) is 61.9 Å². The van der Waals surface area contributed by atoms with Gasteiger partial charge in [0.15, 0.2) is 0 Å². The van der Waals surface area contributed by atoms with Crippen LogP contribution in [0.2, 0.25) is 5.02 Å². The summed E-state index contributed by atoms with van der Waals surface area (Å²) in [5.74, 6) is -0.370. The molecule has 3 aromatic rings. The monoisotopic (exact) mass is 509 g/mol. The molecule has 1 N–H and O–H groups in total. The molecule has 1 heterocycles. The first-order valence-electron chi connectivity index (χ1n) is 12.1. The summed E-state index contributed by atoms with van der Waals surface area (Å²) in [4.78, 5) is 29.5. The molecule has 1 aliphatic heterocycles. The molecule has 8 heteroatoms. The largest absolute Gasteiger partial charge is 0.494 e. The lowest BCUT2D eigenvalue weighted by Crippen LogP contribution is -2.49. The Morgan fingerprint density at radius 1 is 1.00 bits per heavy atom. The van der Waals surface area contributed by atoms with E-state index in [0.717, 1.165) is 24.3 Å². The summed E-state index contributed by atoms with van der Waals surface area (Å²) in [5.41, 5.74) is 1.98. The fraction of sp³-hybridized carbons (Fsp3) is 0.286. The van der Waals surface area contributed by atoms with Crippen molar-refractivity contribution in [3.63, 3.8) is 0 Å². The molecule has 0 atom stereocenters. The van der Waals surface area contributed by atoms with Crippen LogP contribution in [0.4, 0.5) is 15.8 Å². The van der Waals surface area contributed by atoms with Crippen LogP contribution in [0.1, 0.15) is 40.5 Å². The Hall–Kier alpha value is -3.58. The number of carbonyl (C=O) groups is 2. The standard InChI is InChI=1S/C28H29ClFN3O3/c1-2-3-18-36-22-11-8-20(9-12-22)27(34)31-25-19-21(29)10-13-26(25)32-14-16-33(17-15-32)28(35)23-6-4-5-7-24(23)30/h4-13,19H,2-3,14-18H2,1H3,(H,31,34). The Labute approximate surface area is 215 Å². The third kappa shape index (κ3) is 6.15. The molecule has 0 aromatic heterocycles. The zero-order chi connectivity index (χ0) is 25.5. The van der Waals surface area contributed by atoms with Gasteiger partial charge < -0.3 is 19.9 Å². The highest BCUT2D eigenvalue weighted by molar-refractivity contribution is 6.31. The Morgan fingerprint density at radius 2 is 1.72 bits per heavy atom. The minimum atomic E-state index is -0.520. The van der Waals surface area contributed by atoms with E-state index in [1.807, 2.05) is 6.07 Å². The number of hydrogen-bond donors (Lipinski definition) is 1. The van der Waals surface area contributed by atoms with Gasteiger partial charge in [0.25, 0.3) is 11.8 Å². The van der Waals surface area contributed by atoms with Crippen LogP contribution in [-0.2, 0) is 0 Å². The predicted molar refractivity (Wildman–Crippen MR) is 141 cm³/mol. The maximum Gasteiger partial charge on any atom is 0.256 e. The summed E-state index contributed by atoms with van der Waals surface area (Å²) in [5, 5.41) is 3.47. The first kappa shape index (κ1) is 25.5. The molecule has 0 radical (unpaired) electrons. The van der Waals surface area contributed by atoms with Gasteiger partial charge in [0.1, 0.15) is 11.6 Å². The van der Waals surface area contributed by atoms with E-state index in [1.165, 1.54) is 12.1 Å². The predicted octanol–water partition coefficient (Wildman–Crippen LogP) is 5.87. The van der Waals surface area contributed by atoms with Crippen molar-refractivity contribution in [3.8, 4) is 5.75 Å². The van der Waals surface area contributed by atoms with E-state index >= 15 is 0 Å². The molecule has 0 saturated carbocycles. The summed E-state index contributed by atoms with van der Waals surface area (Å²) in [6.45, 7) is 4.69. The van der Waals surface area contributed by atoms with Gasteiger partial charge in [-0.05, 0) is 61.0 Å². The van der Waals surface area contributed by atoms with Crippen LogP contribution < -0.4 is 15.0 Å². The minimum Gasteiger partial charge on any atom is -0.494 e. The molecule has 0 bridgehead atoms. The van der Waals surface area contributed by atoms with Gasteiger partial charge in [-0.1, -0.05) is 37.1 Å². The number of benzene rings is 3. The quantitative estimate of drug-likeness (QED) is 0.386. The molecule has 2 amide bonds. The minimum absolute atomic E-state index is 0.0761. The van der Waals surface area contributed by atoms with E-state index in [2.05, 4.69) is 17.1 Å². The zero-order valence-corrected chi connectivity index (χ0v) is 20.9. The van der Waals surface area contributed by atoms with Crippen molar-refractivity contribution >= 4 is 34.8 Å². The number of nitrogens with zero attached hydrogens (tertiary/aromatic N) is 2. The van der Waals surface area contributed by atoms with Gasteiger partial charge in [0.05, 0.1) is 23.5 Å². The van der Waals surface area contributed by atoms with E-state index in [0.29, 0.717) is 49.1 Å². The van der Waals surface area contributed by atoms with E-state index in [1.54, 1.807) is 53.4 Å². The number of piperazine rings is 1. The van der Waals surface area contributed by atoms with Crippen molar-refractivity contribution in [1.29, 1.82) is 0 Å². The molecule has 0 unspecified atom stereocenters. The molecule has 6 nitrogen and oxygen atoms in total. The van der Waals surface area contributed by atoms with Crippen molar-refractivity contribution in [2.24, 2.45) is 0 Å². The number of amides is 2. The molecule has 1 aliphatic rings. The van der Waals surface area contributed by atoms with Gasteiger partial charge in [-0.3, -0.25) is 9.59 Å². The lowest BCUT2D eigenvalue weighted by atomic mass is 10.1. The Kier molecular flexibility index (Phi) is 8.44. The van der Waals surface area contributed by atoms with Crippen molar-refractivity contribution in [2.45, 2.75) is 19.8 Å². The number of carbonyl (C=O) groups excluding carboxylic acids is 2. The second-order valence-corrected chi connectivity index (χ2v) is 9.04. The van der Waals surface area contributed by atoms with Crippen molar-refractivity contribution in [2.75, 3.05) is 43.0 Å². The summed E-state index contributed by atoms with van der Waals surface area (Å²) in [6, 6.07) is 18.4. The van der Waals surface area contributed by atoms with Gasteiger partial charge in [-0.25, -0.2) is 4.39 Å². The molecule has 188 valence electrons. The second-order valence-electron chi connectivity index (χ2n) is 8.60. The van der Waals surface area contributed by atoms with Crippen LogP contribution in [0.25, 0.3) is 0 Å². The van der Waals surface area contributed by atoms with E-state index < -0.39 is 5.82 Å².